The van der Waals surface area contributed by atoms with Gasteiger partial charge in [0.1, 0.15) is 0 Å². The van der Waals surface area contributed by atoms with Gasteiger partial charge in [-0.3, -0.25) is 9.79 Å². The lowest BCUT2D eigenvalue weighted by atomic mass is 9.93. The van der Waals surface area contributed by atoms with Crippen LogP contribution in [0.4, 0.5) is 0 Å². The number of guanidine groups is 1. The van der Waals surface area contributed by atoms with Crippen molar-refractivity contribution in [2.45, 2.75) is 45.4 Å². The molecule has 0 saturated carbocycles. The third-order valence-corrected chi connectivity index (χ3v) is 6.45. The summed E-state index contributed by atoms with van der Waals surface area (Å²) in [6, 6.07) is 10.3. The lowest BCUT2D eigenvalue weighted by Gasteiger charge is -2.18. The van der Waals surface area contributed by atoms with Crippen molar-refractivity contribution in [3.8, 4) is 0 Å². The number of aromatic nitrogens is 1. The molecule has 8 heteroatoms. The molecule has 1 aromatic carbocycles. The quantitative estimate of drug-likeness (QED) is 0.288. The molecule has 2 N–H and O–H groups in total. The van der Waals surface area contributed by atoms with E-state index in [4.69, 9.17) is 4.98 Å². The van der Waals surface area contributed by atoms with Crippen molar-refractivity contribution in [3.63, 3.8) is 0 Å². The number of nitrogens with zero attached hydrogens (tertiary/aromatic N) is 3. The van der Waals surface area contributed by atoms with E-state index in [-0.39, 0.29) is 35.3 Å². The predicted octanol–water partition coefficient (Wildman–Crippen LogP) is 3.86. The highest BCUT2D eigenvalue weighted by atomic mass is 127. The number of carbonyl (C=O) groups is 1. The highest BCUT2D eigenvalue weighted by Gasteiger charge is 2.29. The Hall–Kier alpha value is -1.68. The summed E-state index contributed by atoms with van der Waals surface area (Å²) in [5, 5.41) is 10.0. The summed E-state index contributed by atoms with van der Waals surface area (Å²) < 4.78 is 0. The van der Waals surface area contributed by atoms with E-state index in [9.17, 15) is 4.79 Å². The number of rotatable bonds is 8. The molecule has 3 rings (SSSR count). The van der Waals surface area contributed by atoms with Crippen LogP contribution in [0, 0.1) is 5.92 Å². The molecule has 1 fully saturated rings. The van der Waals surface area contributed by atoms with Crippen LogP contribution in [0.2, 0.25) is 0 Å². The van der Waals surface area contributed by atoms with Crippen LogP contribution in [0.1, 0.15) is 43.5 Å². The number of nitrogens with one attached hydrogen (secondary N) is 2. The smallest absolute Gasteiger partial charge is 0.223 e. The maximum Gasteiger partial charge on any atom is 0.223 e. The Morgan fingerprint density at radius 1 is 1.22 bits per heavy atom. The lowest BCUT2D eigenvalue weighted by Crippen LogP contribution is -2.41. The molecule has 1 unspecified atom stereocenters. The van der Waals surface area contributed by atoms with Gasteiger partial charge in [0, 0.05) is 62.8 Å². The number of aliphatic imine (C=N–C) groups is 1. The number of halogens is 1. The fourth-order valence-corrected chi connectivity index (χ4v) is 4.66. The Labute approximate surface area is 213 Å². The maximum atomic E-state index is 12.4. The first kappa shape index (κ1) is 26.6. The van der Waals surface area contributed by atoms with Crippen LogP contribution in [0.25, 0.3) is 0 Å². The highest BCUT2D eigenvalue weighted by molar-refractivity contribution is 14.0. The van der Waals surface area contributed by atoms with Crippen LogP contribution in [0.3, 0.4) is 0 Å². The normalized spacial score (nSPS) is 16.8. The van der Waals surface area contributed by atoms with Crippen LogP contribution in [0.15, 0.2) is 40.7 Å². The monoisotopic (exact) mass is 569 g/mol. The Morgan fingerprint density at radius 3 is 2.62 bits per heavy atom. The van der Waals surface area contributed by atoms with Crippen molar-refractivity contribution in [1.29, 1.82) is 0 Å². The summed E-state index contributed by atoms with van der Waals surface area (Å²) in [6.07, 6.45) is 2.38. The molecule has 1 saturated heterocycles. The molecule has 1 amide bonds. The molecular formula is C24H36IN5OS. The SMILES string of the molecule is CN=C(NCCc1nc(C(C)(C)C)cs1)NCC1CC(=O)N(CCc2ccccc2)C1.I. The Kier molecular flexibility index (Phi) is 10.4. The maximum absolute atomic E-state index is 12.4. The van der Waals surface area contributed by atoms with Crippen LogP contribution >= 0.6 is 35.3 Å². The van der Waals surface area contributed by atoms with Gasteiger partial charge in [0.25, 0.3) is 0 Å². The first-order valence-electron chi connectivity index (χ1n) is 11.1. The molecule has 0 bridgehead atoms. The largest absolute Gasteiger partial charge is 0.356 e. The van der Waals surface area contributed by atoms with E-state index in [1.165, 1.54) is 5.56 Å². The van der Waals surface area contributed by atoms with Crippen molar-refractivity contribution in [3.05, 3.63) is 52.0 Å². The number of thiazole rings is 1. The number of hydrogen-bond donors (Lipinski definition) is 2. The van der Waals surface area contributed by atoms with E-state index in [2.05, 4.69) is 53.9 Å². The van der Waals surface area contributed by atoms with Gasteiger partial charge in [0.2, 0.25) is 5.91 Å². The minimum atomic E-state index is 0. The van der Waals surface area contributed by atoms with E-state index in [0.717, 1.165) is 55.7 Å². The zero-order valence-electron chi connectivity index (χ0n) is 19.6. The Bertz CT molecular complexity index is 878. The van der Waals surface area contributed by atoms with Crippen molar-refractivity contribution in [2.24, 2.45) is 10.9 Å². The number of hydrogen-bond acceptors (Lipinski definition) is 4. The minimum Gasteiger partial charge on any atom is -0.356 e. The van der Waals surface area contributed by atoms with E-state index in [0.29, 0.717) is 12.3 Å². The molecule has 0 aliphatic carbocycles. The van der Waals surface area contributed by atoms with Gasteiger partial charge < -0.3 is 15.5 Å². The zero-order chi connectivity index (χ0) is 22.3. The second kappa shape index (κ2) is 12.5. The third kappa shape index (κ3) is 8.03. The summed E-state index contributed by atoms with van der Waals surface area (Å²) in [4.78, 5) is 23.4. The average Bonchev–Trinajstić information content (AvgIpc) is 3.36. The fourth-order valence-electron chi connectivity index (χ4n) is 3.64. The van der Waals surface area contributed by atoms with E-state index in [1.54, 1.807) is 18.4 Å². The van der Waals surface area contributed by atoms with E-state index in [1.807, 2.05) is 23.1 Å². The molecule has 2 heterocycles. The first-order valence-corrected chi connectivity index (χ1v) is 11.9. The molecule has 0 spiro atoms. The lowest BCUT2D eigenvalue weighted by molar-refractivity contribution is -0.127. The van der Waals surface area contributed by atoms with Gasteiger partial charge in [-0.15, -0.1) is 35.3 Å². The van der Waals surface area contributed by atoms with Gasteiger partial charge in [-0.25, -0.2) is 4.98 Å². The van der Waals surface area contributed by atoms with E-state index >= 15 is 0 Å². The number of carbonyl (C=O) groups excluding carboxylic acids is 1. The molecule has 176 valence electrons. The topological polar surface area (TPSA) is 69.6 Å². The summed E-state index contributed by atoms with van der Waals surface area (Å²) in [5.74, 6) is 1.35. The van der Waals surface area contributed by atoms with Gasteiger partial charge >= 0.3 is 0 Å². The number of benzene rings is 1. The minimum absolute atomic E-state index is 0. The molecule has 1 atom stereocenters. The third-order valence-electron chi connectivity index (χ3n) is 5.54. The van der Waals surface area contributed by atoms with Crippen LogP contribution in [0.5, 0.6) is 0 Å². The zero-order valence-corrected chi connectivity index (χ0v) is 22.7. The molecule has 1 aliphatic heterocycles. The average molecular weight is 570 g/mol. The van der Waals surface area contributed by atoms with Crippen LogP contribution in [-0.4, -0.2) is 55.0 Å². The second-order valence-electron chi connectivity index (χ2n) is 9.15. The number of likely N-dealkylation sites (tertiary alicyclic amines) is 1. The molecule has 1 aromatic heterocycles. The van der Waals surface area contributed by atoms with Crippen LogP contribution < -0.4 is 10.6 Å². The van der Waals surface area contributed by atoms with Crippen molar-refractivity contribution in [1.82, 2.24) is 20.5 Å². The standard InChI is InChI=1S/C24H35N5OS.HI/c1-24(2,3)20-17-31-21(28-20)10-12-26-23(25-4)27-15-19-14-22(30)29(16-19)13-11-18-8-6-5-7-9-18;/h5-9,17,19H,10-16H2,1-4H3,(H2,25,26,27);1H. The highest BCUT2D eigenvalue weighted by Crippen LogP contribution is 2.24. The summed E-state index contributed by atoms with van der Waals surface area (Å²) in [5.41, 5.74) is 2.52. The molecule has 2 aromatic rings. The van der Waals surface area contributed by atoms with Crippen molar-refractivity contribution in [2.75, 3.05) is 33.2 Å². The van der Waals surface area contributed by atoms with Gasteiger partial charge in [-0.2, -0.15) is 0 Å². The Balaban J connectivity index is 0.00000363. The molecule has 0 radical (unpaired) electrons. The second-order valence-corrected chi connectivity index (χ2v) is 10.1. The molecule has 32 heavy (non-hydrogen) atoms. The molecule has 1 aliphatic rings. The molecular weight excluding hydrogens is 533 g/mol. The molecule has 6 nitrogen and oxygen atoms in total. The van der Waals surface area contributed by atoms with Gasteiger partial charge in [-0.05, 0) is 12.0 Å². The predicted molar refractivity (Wildman–Crippen MR) is 144 cm³/mol. The summed E-state index contributed by atoms with van der Waals surface area (Å²) in [6.45, 7) is 9.69. The van der Waals surface area contributed by atoms with Crippen LogP contribution in [-0.2, 0) is 23.1 Å². The summed E-state index contributed by atoms with van der Waals surface area (Å²) in [7, 11) is 1.78. The van der Waals surface area contributed by atoms with Gasteiger partial charge in [0.15, 0.2) is 5.96 Å². The summed E-state index contributed by atoms with van der Waals surface area (Å²) >= 11 is 1.72. The van der Waals surface area contributed by atoms with Gasteiger partial charge in [-0.1, -0.05) is 51.1 Å². The Morgan fingerprint density at radius 2 is 1.97 bits per heavy atom. The van der Waals surface area contributed by atoms with Crippen molar-refractivity contribution >= 4 is 47.2 Å². The fraction of sp³-hybridized carbons (Fsp3) is 0.542. The van der Waals surface area contributed by atoms with Gasteiger partial charge in [0.05, 0.1) is 10.7 Å². The van der Waals surface area contributed by atoms with E-state index < -0.39 is 0 Å². The number of amides is 1. The first-order chi connectivity index (χ1) is 14.8. The van der Waals surface area contributed by atoms with Crippen molar-refractivity contribution < 1.29 is 4.79 Å².